The lowest BCUT2D eigenvalue weighted by Crippen LogP contribution is -2.07. The van der Waals surface area contributed by atoms with Crippen LogP contribution < -0.4 is 5.14 Å². The number of nitrogens with two attached hydrogens (primary N) is 1. The Morgan fingerprint density at radius 1 is 1.21 bits per heavy atom. The Bertz CT molecular complexity index is 448. The van der Waals surface area contributed by atoms with Gasteiger partial charge in [0, 0.05) is 11.0 Å². The minimum Gasteiger partial charge on any atom is -0.225 e. The van der Waals surface area contributed by atoms with Crippen molar-refractivity contribution in [3.63, 3.8) is 0 Å². The van der Waals surface area contributed by atoms with Crippen LogP contribution in [0, 0.1) is 11.6 Å². The molecule has 1 aromatic rings. The van der Waals surface area contributed by atoms with E-state index >= 15 is 0 Å². The molecule has 0 heterocycles. The van der Waals surface area contributed by atoms with Gasteiger partial charge in [-0.1, -0.05) is 6.07 Å². The van der Waals surface area contributed by atoms with Crippen LogP contribution in [-0.2, 0) is 10.0 Å². The lowest BCUT2D eigenvalue weighted by Gasteiger charge is -1.97. The molecule has 0 aliphatic rings. The van der Waals surface area contributed by atoms with Crippen LogP contribution in [0.4, 0.5) is 8.78 Å². The molecule has 0 saturated carbocycles. The van der Waals surface area contributed by atoms with E-state index in [1.807, 2.05) is 0 Å². The monoisotopic (exact) mass is 219 g/mol. The van der Waals surface area contributed by atoms with E-state index in [-0.39, 0.29) is 0 Å². The van der Waals surface area contributed by atoms with Crippen LogP contribution in [0.15, 0.2) is 23.6 Å². The third-order valence-corrected chi connectivity index (χ3v) is 1.94. The molecule has 0 spiro atoms. The van der Waals surface area contributed by atoms with Crippen LogP contribution in [0.3, 0.4) is 0 Å². The average molecular weight is 219 g/mol. The molecule has 0 amide bonds. The predicted octanol–water partition coefficient (Wildman–Crippen LogP) is 1.22. The van der Waals surface area contributed by atoms with Crippen LogP contribution in [0.1, 0.15) is 5.56 Å². The first-order valence-corrected chi connectivity index (χ1v) is 5.16. The van der Waals surface area contributed by atoms with E-state index in [4.69, 9.17) is 0 Å². The molecule has 1 aromatic carbocycles. The molecule has 6 heteroatoms. The maximum absolute atomic E-state index is 12.9. The van der Waals surface area contributed by atoms with Crippen molar-refractivity contribution in [3.8, 4) is 0 Å². The van der Waals surface area contributed by atoms with Crippen LogP contribution in [0.2, 0.25) is 0 Å². The summed E-state index contributed by atoms with van der Waals surface area (Å²) in [7, 11) is -3.87. The van der Waals surface area contributed by atoms with Crippen LogP contribution in [-0.4, -0.2) is 8.42 Å². The van der Waals surface area contributed by atoms with Crippen molar-refractivity contribution in [2.75, 3.05) is 0 Å². The second kappa shape index (κ2) is 3.85. The number of sulfonamides is 1. The second-order valence-corrected chi connectivity index (χ2v) is 3.98. The summed E-state index contributed by atoms with van der Waals surface area (Å²) in [5.41, 5.74) is -0.429. The lowest BCUT2D eigenvalue weighted by atomic mass is 10.2. The highest BCUT2D eigenvalue weighted by molar-refractivity contribution is 7.92. The molecule has 0 atom stereocenters. The van der Waals surface area contributed by atoms with Gasteiger partial charge in [-0.25, -0.2) is 22.3 Å². The van der Waals surface area contributed by atoms with Crippen molar-refractivity contribution in [1.29, 1.82) is 0 Å². The summed E-state index contributed by atoms with van der Waals surface area (Å²) in [6.07, 6.45) is 0.778. The van der Waals surface area contributed by atoms with E-state index in [9.17, 15) is 17.2 Å². The Balaban J connectivity index is 3.15. The first kappa shape index (κ1) is 10.8. The number of benzene rings is 1. The minimum atomic E-state index is -3.87. The van der Waals surface area contributed by atoms with Crippen LogP contribution >= 0.6 is 0 Å². The molecule has 76 valence electrons. The van der Waals surface area contributed by atoms with Crippen molar-refractivity contribution in [3.05, 3.63) is 40.8 Å². The first-order valence-electron chi connectivity index (χ1n) is 3.55. The molecule has 0 aliphatic carbocycles. The van der Waals surface area contributed by atoms with Crippen molar-refractivity contribution in [2.45, 2.75) is 0 Å². The van der Waals surface area contributed by atoms with E-state index in [0.29, 0.717) is 5.41 Å². The Hall–Kier alpha value is -1.27. The Labute approximate surface area is 79.9 Å². The van der Waals surface area contributed by atoms with Gasteiger partial charge in [0.25, 0.3) is 0 Å². The van der Waals surface area contributed by atoms with Crippen molar-refractivity contribution >= 4 is 16.1 Å². The largest absolute Gasteiger partial charge is 0.231 e. The van der Waals surface area contributed by atoms with Crippen LogP contribution in [0.25, 0.3) is 6.08 Å². The minimum absolute atomic E-state index is 0.429. The fourth-order valence-corrected chi connectivity index (χ4v) is 1.16. The molecule has 14 heavy (non-hydrogen) atoms. The van der Waals surface area contributed by atoms with Crippen molar-refractivity contribution < 1.29 is 17.2 Å². The molecular weight excluding hydrogens is 212 g/mol. The summed E-state index contributed by atoms with van der Waals surface area (Å²) < 4.78 is 46.7. The molecule has 3 nitrogen and oxygen atoms in total. The smallest absolute Gasteiger partial charge is 0.225 e. The van der Waals surface area contributed by atoms with E-state index in [2.05, 4.69) is 5.14 Å². The molecule has 0 aromatic heterocycles. The Morgan fingerprint density at radius 3 is 2.14 bits per heavy atom. The third kappa shape index (κ3) is 2.90. The molecule has 1 rings (SSSR count). The quantitative estimate of drug-likeness (QED) is 0.813. The summed E-state index contributed by atoms with van der Waals surface area (Å²) in [6, 6.07) is 3.22. The van der Waals surface area contributed by atoms with Gasteiger partial charge in [-0.15, -0.1) is 0 Å². The van der Waals surface area contributed by atoms with Gasteiger partial charge in [0.1, 0.15) is 11.6 Å². The summed E-state index contributed by atoms with van der Waals surface area (Å²) in [6.45, 7) is 0. The predicted molar refractivity (Wildman–Crippen MR) is 48.5 cm³/mol. The molecule has 0 bridgehead atoms. The van der Waals surface area contributed by atoms with Crippen molar-refractivity contribution in [2.24, 2.45) is 5.14 Å². The van der Waals surface area contributed by atoms with Gasteiger partial charge >= 0.3 is 0 Å². The zero-order chi connectivity index (χ0) is 10.8. The average Bonchev–Trinajstić information content (AvgIpc) is 2.01. The fourth-order valence-electron chi connectivity index (χ4n) is 0.833. The Morgan fingerprint density at radius 2 is 1.71 bits per heavy atom. The zero-order valence-electron chi connectivity index (χ0n) is 6.94. The highest BCUT2D eigenvalue weighted by Gasteiger charge is 2.05. The summed E-state index contributed by atoms with van der Waals surface area (Å²) in [4.78, 5) is 0. The van der Waals surface area contributed by atoms with Gasteiger partial charge in [0.2, 0.25) is 10.0 Å². The van der Waals surface area contributed by atoms with Gasteiger partial charge in [0.05, 0.1) is 0 Å². The van der Waals surface area contributed by atoms with Gasteiger partial charge in [-0.3, -0.25) is 0 Å². The number of primary sulfonamides is 1. The summed E-state index contributed by atoms with van der Waals surface area (Å²) >= 11 is 0. The highest BCUT2D eigenvalue weighted by atomic mass is 32.2. The maximum Gasteiger partial charge on any atom is 0.231 e. The van der Waals surface area contributed by atoms with Gasteiger partial charge in [0.15, 0.2) is 0 Å². The maximum atomic E-state index is 12.9. The first-order chi connectivity index (χ1) is 6.40. The van der Waals surface area contributed by atoms with E-state index in [0.717, 1.165) is 18.2 Å². The van der Waals surface area contributed by atoms with Gasteiger partial charge in [-0.2, -0.15) is 0 Å². The van der Waals surface area contributed by atoms with Gasteiger partial charge < -0.3 is 0 Å². The van der Waals surface area contributed by atoms with Crippen LogP contribution in [0.5, 0.6) is 0 Å². The van der Waals surface area contributed by atoms with E-state index in [1.54, 1.807) is 0 Å². The zero-order valence-corrected chi connectivity index (χ0v) is 7.76. The fraction of sp³-hybridized carbons (Fsp3) is 0. The van der Waals surface area contributed by atoms with E-state index < -0.39 is 27.2 Å². The third-order valence-electron chi connectivity index (χ3n) is 1.42. The Kier molecular flexibility index (Phi) is 2.97. The van der Waals surface area contributed by atoms with Crippen molar-refractivity contribution in [1.82, 2.24) is 0 Å². The number of hydrogen-bond acceptors (Lipinski definition) is 2. The topological polar surface area (TPSA) is 60.2 Å². The van der Waals surface area contributed by atoms with E-state index in [1.165, 1.54) is 6.07 Å². The molecule has 0 radical (unpaired) electrons. The number of rotatable bonds is 2. The molecule has 0 aliphatic heterocycles. The number of hydrogen-bond donors (Lipinski definition) is 1. The summed E-state index contributed by atoms with van der Waals surface area (Å²) in [5.74, 6) is -1.69. The molecule has 0 saturated heterocycles. The lowest BCUT2D eigenvalue weighted by molar-refractivity contribution is 0.579. The second-order valence-electron chi connectivity index (χ2n) is 2.53. The number of halogens is 2. The molecule has 0 unspecified atom stereocenters. The van der Waals surface area contributed by atoms with Gasteiger partial charge in [-0.05, 0) is 18.2 Å². The molecule has 2 N–H and O–H groups in total. The summed E-state index contributed by atoms with van der Waals surface area (Å²) in [5, 5.41) is 5.16. The highest BCUT2D eigenvalue weighted by Crippen LogP contribution is 2.13. The molecule has 0 fully saturated rings. The molecular formula is C8H7F2NO2S. The normalized spacial score (nSPS) is 12.2. The SMILES string of the molecule is NS(=O)(=O)/C=C/c1c(F)cccc1F. The standard InChI is InChI=1S/C8H7F2NO2S/c9-7-2-1-3-8(10)6(7)4-5-14(11,12)13/h1-5H,(H2,11,12,13)/b5-4+.